The lowest BCUT2D eigenvalue weighted by Crippen LogP contribution is -2.27. The molecule has 1 aromatic heterocycles. The van der Waals surface area contributed by atoms with Crippen molar-refractivity contribution in [2.45, 2.75) is 46.0 Å². The third kappa shape index (κ3) is 4.85. The SMILES string of the molecule is CC.O=C(O)c1c(NC(=O)C2CCC3=CCCC=C3C2)csc1-c1ccc(Cl)cc1. The molecule has 1 atom stereocenters. The Morgan fingerprint density at radius 3 is 2.43 bits per heavy atom. The van der Waals surface area contributed by atoms with Gasteiger partial charge in [0, 0.05) is 16.3 Å². The number of rotatable bonds is 4. The first-order valence-electron chi connectivity index (χ1n) is 10.3. The summed E-state index contributed by atoms with van der Waals surface area (Å²) < 4.78 is 0. The van der Waals surface area contributed by atoms with E-state index in [0.717, 1.165) is 37.7 Å². The molecule has 4 nitrogen and oxygen atoms in total. The molecular formula is C24H26ClNO3S. The first-order valence-corrected chi connectivity index (χ1v) is 11.6. The molecule has 0 aliphatic heterocycles. The van der Waals surface area contributed by atoms with Crippen molar-refractivity contribution < 1.29 is 14.7 Å². The summed E-state index contributed by atoms with van der Waals surface area (Å²) >= 11 is 7.24. The second-order valence-corrected chi connectivity index (χ2v) is 8.45. The Labute approximate surface area is 186 Å². The van der Waals surface area contributed by atoms with Crippen LogP contribution < -0.4 is 5.32 Å². The van der Waals surface area contributed by atoms with E-state index in [4.69, 9.17) is 11.6 Å². The molecule has 2 aliphatic carbocycles. The number of nitrogens with one attached hydrogen (secondary N) is 1. The minimum absolute atomic E-state index is 0.103. The second-order valence-electron chi connectivity index (χ2n) is 7.13. The fraction of sp³-hybridized carbons (Fsp3) is 0.333. The van der Waals surface area contributed by atoms with Crippen LogP contribution in [0.4, 0.5) is 5.69 Å². The van der Waals surface area contributed by atoms with E-state index < -0.39 is 5.97 Å². The zero-order chi connectivity index (χ0) is 21.7. The van der Waals surface area contributed by atoms with Crippen molar-refractivity contribution in [2.75, 3.05) is 5.32 Å². The normalized spacial score (nSPS) is 17.6. The molecule has 1 aromatic carbocycles. The van der Waals surface area contributed by atoms with Crippen LogP contribution in [0.3, 0.4) is 0 Å². The predicted molar refractivity (Wildman–Crippen MR) is 124 cm³/mol. The Morgan fingerprint density at radius 1 is 1.10 bits per heavy atom. The van der Waals surface area contributed by atoms with E-state index in [1.54, 1.807) is 29.6 Å². The van der Waals surface area contributed by atoms with Crippen LogP contribution in [-0.2, 0) is 4.79 Å². The number of amides is 1. The largest absolute Gasteiger partial charge is 0.478 e. The quantitative estimate of drug-likeness (QED) is 0.525. The van der Waals surface area contributed by atoms with Gasteiger partial charge in [-0.25, -0.2) is 4.79 Å². The lowest BCUT2D eigenvalue weighted by molar-refractivity contribution is -0.120. The van der Waals surface area contributed by atoms with Gasteiger partial charge < -0.3 is 10.4 Å². The van der Waals surface area contributed by atoms with E-state index in [0.29, 0.717) is 15.6 Å². The fourth-order valence-corrected chi connectivity index (χ4v) is 5.01. The molecule has 0 spiro atoms. The molecular weight excluding hydrogens is 418 g/mol. The van der Waals surface area contributed by atoms with Gasteiger partial charge in [0.2, 0.25) is 5.91 Å². The van der Waals surface area contributed by atoms with Crippen LogP contribution in [0.5, 0.6) is 0 Å². The highest BCUT2D eigenvalue weighted by atomic mass is 35.5. The van der Waals surface area contributed by atoms with Crippen LogP contribution in [0.2, 0.25) is 5.02 Å². The van der Waals surface area contributed by atoms with E-state index in [-0.39, 0.29) is 17.4 Å². The number of anilines is 1. The summed E-state index contributed by atoms with van der Waals surface area (Å²) in [6.07, 6.45) is 9.07. The third-order valence-corrected chi connectivity index (χ3v) is 6.61. The standard InChI is InChI=1S/C22H20ClNO3S.C2H6/c23-17-9-7-14(8-10-17)20-19(22(26)27)18(12-28-20)24-21(25)16-6-5-13-3-1-2-4-15(13)11-16;1-2/h3-4,7-10,12,16H,1-2,5-6,11H2,(H,24,25)(H,26,27);1-2H3. The van der Waals surface area contributed by atoms with E-state index in [1.165, 1.54) is 22.5 Å². The van der Waals surface area contributed by atoms with Crippen LogP contribution in [-0.4, -0.2) is 17.0 Å². The molecule has 1 unspecified atom stereocenters. The highest BCUT2D eigenvalue weighted by Crippen LogP contribution is 2.39. The number of hydrogen-bond donors (Lipinski definition) is 2. The Morgan fingerprint density at radius 2 is 1.77 bits per heavy atom. The molecule has 1 saturated carbocycles. The number of benzene rings is 1. The number of fused-ring (bicyclic) bond motifs is 1. The first kappa shape index (κ1) is 22.3. The van der Waals surface area contributed by atoms with Gasteiger partial charge in [-0.05, 0) is 60.9 Å². The van der Waals surface area contributed by atoms with Crippen molar-refractivity contribution >= 4 is 40.5 Å². The topological polar surface area (TPSA) is 66.4 Å². The molecule has 1 amide bonds. The molecule has 30 heavy (non-hydrogen) atoms. The highest BCUT2D eigenvalue weighted by Gasteiger charge is 2.29. The molecule has 2 N–H and O–H groups in total. The van der Waals surface area contributed by atoms with Gasteiger partial charge in [-0.1, -0.05) is 49.7 Å². The summed E-state index contributed by atoms with van der Waals surface area (Å²) in [6, 6.07) is 7.03. The van der Waals surface area contributed by atoms with Gasteiger partial charge in [0.25, 0.3) is 0 Å². The average Bonchev–Trinajstić information content (AvgIpc) is 3.19. The number of thiophene rings is 1. The lowest BCUT2D eigenvalue weighted by Gasteiger charge is -2.27. The zero-order valence-electron chi connectivity index (χ0n) is 17.2. The molecule has 4 rings (SSSR count). The third-order valence-electron chi connectivity index (χ3n) is 5.33. The zero-order valence-corrected chi connectivity index (χ0v) is 18.8. The number of carboxylic acids is 1. The molecule has 0 saturated heterocycles. The number of carbonyl (C=O) groups excluding carboxylic acids is 1. The van der Waals surface area contributed by atoms with Gasteiger partial charge in [-0.2, -0.15) is 0 Å². The Bertz CT molecular complexity index is 988. The maximum Gasteiger partial charge on any atom is 0.339 e. The minimum Gasteiger partial charge on any atom is -0.478 e. The van der Waals surface area contributed by atoms with Crippen LogP contribution in [0.1, 0.15) is 56.3 Å². The molecule has 2 aromatic rings. The summed E-state index contributed by atoms with van der Waals surface area (Å²) in [7, 11) is 0. The number of hydrogen-bond acceptors (Lipinski definition) is 3. The number of aromatic carboxylic acids is 1. The summed E-state index contributed by atoms with van der Waals surface area (Å²) in [6.45, 7) is 4.00. The fourth-order valence-electron chi connectivity index (χ4n) is 3.89. The van der Waals surface area contributed by atoms with Gasteiger partial charge in [-0.3, -0.25) is 4.79 Å². The van der Waals surface area contributed by atoms with E-state index in [1.807, 2.05) is 13.8 Å². The van der Waals surface area contributed by atoms with Crippen molar-refractivity contribution in [1.29, 1.82) is 0 Å². The number of carbonyl (C=O) groups is 2. The number of halogens is 1. The van der Waals surface area contributed by atoms with Crippen molar-refractivity contribution in [3.8, 4) is 10.4 Å². The van der Waals surface area contributed by atoms with E-state index in [9.17, 15) is 14.7 Å². The van der Waals surface area contributed by atoms with Crippen LogP contribution in [0.15, 0.2) is 52.9 Å². The van der Waals surface area contributed by atoms with Crippen molar-refractivity contribution in [1.82, 2.24) is 0 Å². The van der Waals surface area contributed by atoms with Gasteiger partial charge in [-0.15, -0.1) is 11.3 Å². The van der Waals surface area contributed by atoms with Gasteiger partial charge in [0.1, 0.15) is 5.56 Å². The average molecular weight is 444 g/mol. The van der Waals surface area contributed by atoms with Crippen molar-refractivity contribution in [3.63, 3.8) is 0 Å². The Balaban J connectivity index is 0.00000124. The maximum absolute atomic E-state index is 12.8. The molecule has 1 fully saturated rings. The van der Waals surface area contributed by atoms with E-state index in [2.05, 4.69) is 17.5 Å². The molecule has 158 valence electrons. The number of carboxylic acid groups (broad SMARTS) is 1. The summed E-state index contributed by atoms with van der Waals surface area (Å²) in [5.41, 5.74) is 3.93. The Hall–Kier alpha value is -2.37. The van der Waals surface area contributed by atoms with Gasteiger partial charge >= 0.3 is 5.97 Å². The minimum atomic E-state index is -1.05. The smallest absolute Gasteiger partial charge is 0.339 e. The maximum atomic E-state index is 12.8. The predicted octanol–water partition coefficient (Wildman–Crippen LogP) is 7.18. The van der Waals surface area contributed by atoms with Crippen LogP contribution in [0, 0.1) is 5.92 Å². The molecule has 0 bridgehead atoms. The van der Waals surface area contributed by atoms with E-state index >= 15 is 0 Å². The summed E-state index contributed by atoms with van der Waals surface area (Å²) in [5.74, 6) is -1.28. The second kappa shape index (κ2) is 10.1. The molecule has 1 heterocycles. The van der Waals surface area contributed by atoms with Gasteiger partial charge in [0.05, 0.1) is 10.6 Å². The van der Waals surface area contributed by atoms with Crippen molar-refractivity contribution in [3.05, 3.63) is 63.5 Å². The first-order chi connectivity index (χ1) is 14.5. The lowest BCUT2D eigenvalue weighted by atomic mass is 9.79. The number of allylic oxidation sites excluding steroid dienone is 4. The molecule has 0 radical (unpaired) electrons. The monoisotopic (exact) mass is 443 g/mol. The van der Waals surface area contributed by atoms with Gasteiger partial charge in [0.15, 0.2) is 0 Å². The summed E-state index contributed by atoms with van der Waals surface area (Å²) in [4.78, 5) is 25.4. The summed E-state index contributed by atoms with van der Waals surface area (Å²) in [5, 5.41) is 14.9. The van der Waals surface area contributed by atoms with Crippen LogP contribution in [0.25, 0.3) is 10.4 Å². The Kier molecular flexibility index (Phi) is 7.51. The molecule has 2 aliphatic rings. The van der Waals surface area contributed by atoms with Crippen LogP contribution >= 0.6 is 22.9 Å². The molecule has 6 heteroatoms. The highest BCUT2D eigenvalue weighted by molar-refractivity contribution is 7.14. The van der Waals surface area contributed by atoms with Crippen molar-refractivity contribution in [2.24, 2.45) is 5.92 Å².